The summed E-state index contributed by atoms with van der Waals surface area (Å²) in [4.78, 5) is 88.4. The van der Waals surface area contributed by atoms with Crippen LogP contribution in [0.2, 0.25) is 0 Å². The minimum atomic E-state index is -1.43. The average molecular weight is 733 g/mol. The SMILES string of the molecule is CC(=O)OC(C)C(=O)OCC(=O)O[C@H](COc1nsnc1N1CCOCC1)CN(C(=O)COC(=O)C(C)OC(=O)C(C)OC(C)=O)C(C)(C)C. The Kier molecular flexibility index (Phi) is 16.3. The summed E-state index contributed by atoms with van der Waals surface area (Å²) in [7, 11) is 0. The number of carbonyl (C=O) groups is 7. The maximum absolute atomic E-state index is 13.4. The van der Waals surface area contributed by atoms with Crippen LogP contribution in [-0.4, -0.2) is 138 Å². The minimum Gasteiger partial charge on any atom is -0.470 e. The maximum atomic E-state index is 13.4. The highest BCUT2D eigenvalue weighted by Crippen LogP contribution is 2.27. The average Bonchev–Trinajstić information content (AvgIpc) is 3.51. The molecule has 0 saturated carbocycles. The number of morpholine rings is 1. The Morgan fingerprint density at radius 2 is 1.34 bits per heavy atom. The molecule has 2 heterocycles. The van der Waals surface area contributed by atoms with E-state index >= 15 is 0 Å². The van der Waals surface area contributed by atoms with E-state index in [1.54, 1.807) is 20.8 Å². The molecule has 0 N–H and O–H groups in total. The third-order valence-corrected chi connectivity index (χ3v) is 7.10. The van der Waals surface area contributed by atoms with E-state index in [-0.39, 0.29) is 19.0 Å². The number of hydrogen-bond donors (Lipinski definition) is 0. The van der Waals surface area contributed by atoms with Crippen molar-refractivity contribution < 1.29 is 71.5 Å². The second kappa shape index (κ2) is 19.6. The quantitative estimate of drug-likeness (QED) is 0.154. The molecule has 1 aliphatic heterocycles. The van der Waals surface area contributed by atoms with Gasteiger partial charge in [0.15, 0.2) is 37.6 Å². The number of ether oxygens (including phenoxy) is 8. The number of carbonyl (C=O) groups excluding carboxylic acids is 7. The third-order valence-electron chi connectivity index (χ3n) is 6.60. The first-order valence-electron chi connectivity index (χ1n) is 15.5. The van der Waals surface area contributed by atoms with Crippen LogP contribution in [0.3, 0.4) is 0 Å². The van der Waals surface area contributed by atoms with Crippen LogP contribution in [0.4, 0.5) is 5.82 Å². The van der Waals surface area contributed by atoms with Crippen LogP contribution in [-0.2, 0) is 66.7 Å². The Hall–Kier alpha value is -4.59. The number of hydrogen-bond acceptors (Lipinski definition) is 19. The molecule has 2 rings (SSSR count). The van der Waals surface area contributed by atoms with E-state index in [0.717, 1.165) is 25.6 Å². The lowest BCUT2D eigenvalue weighted by atomic mass is 10.1. The maximum Gasteiger partial charge on any atom is 0.347 e. The van der Waals surface area contributed by atoms with Gasteiger partial charge in [-0.1, -0.05) is 0 Å². The van der Waals surface area contributed by atoms with E-state index in [0.29, 0.717) is 32.1 Å². The number of esters is 6. The number of nitrogens with zero attached hydrogens (tertiary/aromatic N) is 4. The molecule has 1 aromatic rings. The Labute approximate surface area is 293 Å². The van der Waals surface area contributed by atoms with Crippen molar-refractivity contribution in [2.45, 2.75) is 85.3 Å². The van der Waals surface area contributed by atoms with Gasteiger partial charge in [0.05, 0.1) is 31.5 Å². The zero-order valence-electron chi connectivity index (χ0n) is 29.3. The van der Waals surface area contributed by atoms with Crippen molar-refractivity contribution in [1.29, 1.82) is 0 Å². The summed E-state index contributed by atoms with van der Waals surface area (Å²) < 4.78 is 49.8. The molecule has 1 aromatic heterocycles. The van der Waals surface area contributed by atoms with Gasteiger partial charge in [-0.2, -0.15) is 4.37 Å². The van der Waals surface area contributed by atoms with Gasteiger partial charge >= 0.3 is 35.8 Å². The molecule has 1 aliphatic rings. The van der Waals surface area contributed by atoms with E-state index in [2.05, 4.69) is 8.75 Å². The van der Waals surface area contributed by atoms with Gasteiger partial charge in [-0.15, -0.1) is 4.37 Å². The van der Waals surface area contributed by atoms with Crippen LogP contribution in [0.15, 0.2) is 0 Å². The molecule has 0 radical (unpaired) electrons. The summed E-state index contributed by atoms with van der Waals surface area (Å²) in [6, 6.07) is 0. The number of anilines is 1. The van der Waals surface area contributed by atoms with Crippen LogP contribution in [0, 0.1) is 0 Å². The number of amides is 1. The molecule has 4 atom stereocenters. The molecular formula is C30H44N4O15S. The highest BCUT2D eigenvalue weighted by atomic mass is 32.1. The molecule has 3 unspecified atom stereocenters. The van der Waals surface area contributed by atoms with Gasteiger partial charge in [0, 0.05) is 32.5 Å². The van der Waals surface area contributed by atoms with Crippen LogP contribution >= 0.6 is 11.7 Å². The van der Waals surface area contributed by atoms with Crippen molar-refractivity contribution in [2.24, 2.45) is 0 Å². The normalized spacial score (nSPS) is 15.3. The number of rotatable bonds is 17. The van der Waals surface area contributed by atoms with Gasteiger partial charge in [-0.25, -0.2) is 19.2 Å². The molecule has 1 fully saturated rings. The van der Waals surface area contributed by atoms with Crippen LogP contribution in [0.25, 0.3) is 0 Å². The predicted octanol–water partition coefficient (Wildman–Crippen LogP) is 0.214. The molecule has 1 saturated heterocycles. The Morgan fingerprint density at radius 3 is 1.90 bits per heavy atom. The lowest BCUT2D eigenvalue weighted by molar-refractivity contribution is -0.178. The van der Waals surface area contributed by atoms with E-state index in [1.807, 2.05) is 4.90 Å². The van der Waals surface area contributed by atoms with Crippen molar-refractivity contribution in [3.05, 3.63) is 0 Å². The fourth-order valence-corrected chi connectivity index (χ4v) is 4.71. The van der Waals surface area contributed by atoms with E-state index < -0.39 is 84.9 Å². The Morgan fingerprint density at radius 1 is 0.800 bits per heavy atom. The molecule has 1 amide bonds. The Balaban J connectivity index is 2.15. The van der Waals surface area contributed by atoms with Crippen LogP contribution < -0.4 is 9.64 Å². The Bertz CT molecular complexity index is 1360. The summed E-state index contributed by atoms with van der Waals surface area (Å²) >= 11 is 0.911. The summed E-state index contributed by atoms with van der Waals surface area (Å²) in [5.74, 6) is -5.54. The zero-order valence-corrected chi connectivity index (χ0v) is 30.1. The van der Waals surface area contributed by atoms with Gasteiger partial charge < -0.3 is 47.7 Å². The van der Waals surface area contributed by atoms with Gasteiger partial charge in [-0.3, -0.25) is 14.4 Å². The predicted molar refractivity (Wildman–Crippen MR) is 170 cm³/mol. The van der Waals surface area contributed by atoms with Crippen LogP contribution in [0.5, 0.6) is 5.88 Å². The molecule has 19 nitrogen and oxygen atoms in total. The minimum absolute atomic E-state index is 0.161. The fourth-order valence-electron chi connectivity index (χ4n) is 4.19. The molecule has 0 aliphatic carbocycles. The monoisotopic (exact) mass is 732 g/mol. The van der Waals surface area contributed by atoms with Crippen molar-refractivity contribution in [3.63, 3.8) is 0 Å². The molecular weight excluding hydrogens is 688 g/mol. The summed E-state index contributed by atoms with van der Waals surface area (Å²) in [6.45, 7) is 10.9. The lowest BCUT2D eigenvalue weighted by Gasteiger charge is -2.37. The van der Waals surface area contributed by atoms with Crippen molar-refractivity contribution in [2.75, 3.05) is 57.6 Å². The molecule has 0 aromatic carbocycles. The zero-order chi connectivity index (χ0) is 37.6. The van der Waals surface area contributed by atoms with Crippen molar-refractivity contribution in [3.8, 4) is 5.88 Å². The standard InChI is InChI=1S/C30H44N4O15S/c1-17(46-20(4)35)27(39)45-16-24(38)49-22(14-43-26-25(31-50-32-26)33-9-11-42-12-10-33)13-34(30(6,7)8)23(37)15-44-28(40)18(2)48-29(41)19(3)47-21(5)36/h17-19,22H,9-16H2,1-8H3/t17?,18?,19?,22-/m0/s1. The van der Waals surface area contributed by atoms with Gasteiger partial charge in [0.25, 0.3) is 11.8 Å². The second-order valence-corrected chi connectivity index (χ2v) is 12.4. The fraction of sp³-hybridized carbons (Fsp3) is 0.700. The van der Waals surface area contributed by atoms with Crippen molar-refractivity contribution in [1.82, 2.24) is 13.6 Å². The first-order valence-corrected chi connectivity index (χ1v) is 16.3. The smallest absolute Gasteiger partial charge is 0.347 e. The molecule has 50 heavy (non-hydrogen) atoms. The molecule has 280 valence electrons. The summed E-state index contributed by atoms with van der Waals surface area (Å²) in [5, 5.41) is 0. The first-order chi connectivity index (χ1) is 23.4. The largest absolute Gasteiger partial charge is 0.470 e. The van der Waals surface area contributed by atoms with E-state index in [4.69, 9.17) is 37.9 Å². The molecule has 0 spiro atoms. The van der Waals surface area contributed by atoms with E-state index in [9.17, 15) is 33.6 Å². The number of aromatic nitrogens is 2. The highest BCUT2D eigenvalue weighted by Gasteiger charge is 2.33. The van der Waals surface area contributed by atoms with Gasteiger partial charge in [-0.05, 0) is 41.5 Å². The summed E-state index contributed by atoms with van der Waals surface area (Å²) in [6.07, 6.45) is -5.14. The summed E-state index contributed by atoms with van der Waals surface area (Å²) in [5.41, 5.74) is -0.918. The topological polar surface area (TPSA) is 226 Å². The second-order valence-electron chi connectivity index (χ2n) is 11.9. The van der Waals surface area contributed by atoms with Crippen molar-refractivity contribution >= 4 is 59.3 Å². The van der Waals surface area contributed by atoms with Gasteiger partial charge in [0.1, 0.15) is 6.61 Å². The highest BCUT2D eigenvalue weighted by molar-refractivity contribution is 6.99. The van der Waals surface area contributed by atoms with Gasteiger partial charge in [0.2, 0.25) is 5.82 Å². The lowest BCUT2D eigenvalue weighted by Crippen LogP contribution is -2.52. The van der Waals surface area contributed by atoms with Crippen LogP contribution in [0.1, 0.15) is 55.4 Å². The third kappa shape index (κ3) is 14.1. The molecule has 0 bridgehead atoms. The first kappa shape index (κ1) is 41.6. The molecule has 20 heteroatoms. The van der Waals surface area contributed by atoms with E-state index in [1.165, 1.54) is 25.7 Å².